The van der Waals surface area contributed by atoms with E-state index in [-0.39, 0.29) is 17.8 Å². The highest BCUT2D eigenvalue weighted by atomic mass is 19.4. The molecule has 0 aliphatic heterocycles. The summed E-state index contributed by atoms with van der Waals surface area (Å²) in [7, 11) is 0. The van der Waals surface area contributed by atoms with Gasteiger partial charge in [-0.15, -0.1) is 0 Å². The molecular weight excluding hydrogens is 273 g/mol. The lowest BCUT2D eigenvalue weighted by molar-refractivity contribution is -0.137. The number of hydrogen-bond acceptors (Lipinski definition) is 3. The fourth-order valence-electron chi connectivity index (χ4n) is 1.70. The monoisotopic (exact) mass is 284 g/mol. The highest BCUT2D eigenvalue weighted by Crippen LogP contribution is 2.29. The molecule has 2 rings (SSSR count). The fraction of sp³-hybridized carbons (Fsp3) is 0.231. The number of alkyl halides is 3. The number of aromatic amines is 1. The van der Waals surface area contributed by atoms with Gasteiger partial charge in [0, 0.05) is 6.42 Å². The van der Waals surface area contributed by atoms with Gasteiger partial charge in [0.1, 0.15) is 5.82 Å². The van der Waals surface area contributed by atoms with E-state index in [0.717, 1.165) is 12.1 Å². The molecule has 20 heavy (non-hydrogen) atoms. The molecule has 0 amide bonds. The van der Waals surface area contributed by atoms with Gasteiger partial charge in [0.05, 0.1) is 11.1 Å². The number of H-pyrrole nitrogens is 1. The summed E-state index contributed by atoms with van der Waals surface area (Å²) in [6.45, 7) is 1.40. The van der Waals surface area contributed by atoms with Crippen LogP contribution in [0.5, 0.6) is 5.88 Å². The summed E-state index contributed by atoms with van der Waals surface area (Å²) in [6.07, 6.45) is -4.43. The Morgan fingerprint density at radius 1 is 1.35 bits per heavy atom. The van der Waals surface area contributed by atoms with Gasteiger partial charge in [-0.1, -0.05) is 18.2 Å². The van der Waals surface area contributed by atoms with Crippen LogP contribution < -0.4 is 5.56 Å². The van der Waals surface area contributed by atoms with E-state index in [9.17, 15) is 23.1 Å². The molecule has 0 atom stereocenters. The summed E-state index contributed by atoms with van der Waals surface area (Å²) < 4.78 is 37.7. The zero-order chi connectivity index (χ0) is 14.9. The molecule has 0 aliphatic carbocycles. The summed E-state index contributed by atoms with van der Waals surface area (Å²) in [5.74, 6) is -0.312. The van der Waals surface area contributed by atoms with Crippen molar-refractivity contribution in [2.45, 2.75) is 19.5 Å². The SMILES string of the molecule is Cc1c(O)nc(Cc2cccc(C(F)(F)F)c2)[nH]c1=O. The van der Waals surface area contributed by atoms with Crippen LogP contribution in [0.4, 0.5) is 13.2 Å². The molecule has 2 N–H and O–H groups in total. The number of nitrogens with one attached hydrogen (secondary N) is 1. The molecule has 4 nitrogen and oxygen atoms in total. The van der Waals surface area contributed by atoms with Crippen molar-refractivity contribution in [3.8, 4) is 5.88 Å². The highest BCUT2D eigenvalue weighted by Gasteiger charge is 2.30. The molecule has 106 valence electrons. The van der Waals surface area contributed by atoms with Gasteiger partial charge in [-0.05, 0) is 18.6 Å². The van der Waals surface area contributed by atoms with Crippen molar-refractivity contribution >= 4 is 0 Å². The second kappa shape index (κ2) is 4.99. The van der Waals surface area contributed by atoms with E-state index >= 15 is 0 Å². The van der Waals surface area contributed by atoms with Gasteiger partial charge >= 0.3 is 6.18 Å². The zero-order valence-electron chi connectivity index (χ0n) is 10.5. The smallest absolute Gasteiger partial charge is 0.416 e. The second-order valence-corrected chi connectivity index (χ2v) is 4.34. The first-order valence-electron chi connectivity index (χ1n) is 5.72. The first-order chi connectivity index (χ1) is 9.27. The highest BCUT2D eigenvalue weighted by molar-refractivity contribution is 5.29. The molecule has 0 aliphatic rings. The van der Waals surface area contributed by atoms with E-state index in [1.165, 1.54) is 19.1 Å². The lowest BCUT2D eigenvalue weighted by Gasteiger charge is -2.08. The maximum atomic E-state index is 12.6. The Labute approximate surface area is 111 Å². The molecule has 0 unspecified atom stereocenters. The summed E-state index contributed by atoms with van der Waals surface area (Å²) in [6, 6.07) is 4.72. The quantitative estimate of drug-likeness (QED) is 0.890. The predicted molar refractivity (Wildman–Crippen MR) is 65.5 cm³/mol. The fourth-order valence-corrected chi connectivity index (χ4v) is 1.70. The maximum absolute atomic E-state index is 12.6. The van der Waals surface area contributed by atoms with Crippen molar-refractivity contribution in [2.75, 3.05) is 0 Å². The van der Waals surface area contributed by atoms with Crippen molar-refractivity contribution in [1.82, 2.24) is 9.97 Å². The molecule has 7 heteroatoms. The van der Waals surface area contributed by atoms with E-state index in [0.29, 0.717) is 5.56 Å². The molecule has 0 bridgehead atoms. The molecule has 1 aromatic carbocycles. The number of aromatic hydroxyl groups is 1. The van der Waals surface area contributed by atoms with E-state index in [1.807, 2.05) is 0 Å². The Kier molecular flexibility index (Phi) is 3.52. The standard InChI is InChI=1S/C13H11F3N2O2/c1-7-11(19)17-10(18-12(7)20)6-8-3-2-4-9(5-8)13(14,15)16/h2-5H,6H2,1H3,(H2,17,18,19,20). The minimum absolute atomic E-state index is 0.00694. The first kappa shape index (κ1) is 14.1. The molecule has 0 fully saturated rings. The van der Waals surface area contributed by atoms with Crippen LogP contribution in [-0.2, 0) is 12.6 Å². The molecule has 1 aromatic heterocycles. The predicted octanol–water partition coefficient (Wildman–Crippen LogP) is 2.39. The number of benzene rings is 1. The minimum atomic E-state index is -4.42. The molecule has 0 saturated carbocycles. The summed E-state index contributed by atoms with van der Waals surface area (Å²) in [5.41, 5.74) is -0.878. The van der Waals surface area contributed by atoms with Crippen molar-refractivity contribution < 1.29 is 18.3 Å². The van der Waals surface area contributed by atoms with Crippen LogP contribution in [0.3, 0.4) is 0 Å². The minimum Gasteiger partial charge on any atom is -0.493 e. The number of nitrogens with zero attached hydrogens (tertiary/aromatic N) is 1. The molecule has 0 saturated heterocycles. The summed E-state index contributed by atoms with van der Waals surface area (Å²) >= 11 is 0. The lowest BCUT2D eigenvalue weighted by Crippen LogP contribution is -2.14. The number of hydrogen-bond donors (Lipinski definition) is 2. The molecule has 1 heterocycles. The topological polar surface area (TPSA) is 66.0 Å². The van der Waals surface area contributed by atoms with Crippen LogP contribution in [0.2, 0.25) is 0 Å². The van der Waals surface area contributed by atoms with Crippen LogP contribution in [0.1, 0.15) is 22.5 Å². The van der Waals surface area contributed by atoms with E-state index in [4.69, 9.17) is 0 Å². The second-order valence-electron chi connectivity index (χ2n) is 4.34. The average Bonchev–Trinajstić information content (AvgIpc) is 2.35. The Morgan fingerprint density at radius 2 is 2.05 bits per heavy atom. The van der Waals surface area contributed by atoms with Gasteiger partial charge in [0.15, 0.2) is 0 Å². The van der Waals surface area contributed by atoms with Gasteiger partial charge in [-0.2, -0.15) is 18.2 Å². The van der Waals surface area contributed by atoms with Gasteiger partial charge in [-0.3, -0.25) is 4.79 Å². The summed E-state index contributed by atoms with van der Waals surface area (Å²) in [4.78, 5) is 17.6. The molecule has 0 radical (unpaired) electrons. The van der Waals surface area contributed by atoms with Gasteiger partial charge in [-0.25, -0.2) is 0 Å². The van der Waals surface area contributed by atoms with Gasteiger partial charge in [0.25, 0.3) is 5.56 Å². The van der Waals surface area contributed by atoms with Crippen LogP contribution >= 0.6 is 0 Å². The van der Waals surface area contributed by atoms with Gasteiger partial charge < -0.3 is 10.1 Å². The maximum Gasteiger partial charge on any atom is 0.416 e. The van der Waals surface area contributed by atoms with Crippen LogP contribution in [0.15, 0.2) is 29.1 Å². The Balaban J connectivity index is 2.33. The zero-order valence-corrected chi connectivity index (χ0v) is 10.5. The summed E-state index contributed by atoms with van der Waals surface area (Å²) in [5, 5.41) is 9.43. The lowest BCUT2D eigenvalue weighted by atomic mass is 10.1. The normalized spacial score (nSPS) is 11.6. The third-order valence-electron chi connectivity index (χ3n) is 2.80. The number of halogens is 3. The van der Waals surface area contributed by atoms with E-state index < -0.39 is 23.2 Å². The van der Waals surface area contributed by atoms with Crippen molar-refractivity contribution in [3.05, 3.63) is 57.1 Å². The van der Waals surface area contributed by atoms with Crippen molar-refractivity contribution in [2.24, 2.45) is 0 Å². The van der Waals surface area contributed by atoms with Crippen LogP contribution in [0.25, 0.3) is 0 Å². The number of aromatic nitrogens is 2. The first-order valence-corrected chi connectivity index (χ1v) is 5.72. The Hall–Kier alpha value is -2.31. The van der Waals surface area contributed by atoms with E-state index in [2.05, 4.69) is 9.97 Å². The third-order valence-corrected chi connectivity index (χ3v) is 2.80. The molecular formula is C13H11F3N2O2. The van der Waals surface area contributed by atoms with Crippen molar-refractivity contribution in [1.29, 1.82) is 0 Å². The Morgan fingerprint density at radius 3 is 2.65 bits per heavy atom. The van der Waals surface area contributed by atoms with Crippen LogP contribution in [0, 0.1) is 6.92 Å². The third kappa shape index (κ3) is 2.98. The number of rotatable bonds is 2. The Bertz CT molecular complexity index is 693. The van der Waals surface area contributed by atoms with E-state index in [1.54, 1.807) is 0 Å². The average molecular weight is 284 g/mol. The molecule has 0 spiro atoms. The van der Waals surface area contributed by atoms with Crippen molar-refractivity contribution in [3.63, 3.8) is 0 Å². The van der Waals surface area contributed by atoms with Crippen LogP contribution in [-0.4, -0.2) is 15.1 Å². The molecule has 2 aromatic rings. The van der Waals surface area contributed by atoms with Gasteiger partial charge in [0.2, 0.25) is 5.88 Å². The largest absolute Gasteiger partial charge is 0.493 e.